The van der Waals surface area contributed by atoms with Gasteiger partial charge >= 0.3 is 6.03 Å². The highest BCUT2D eigenvalue weighted by Crippen LogP contribution is 2.17. The predicted molar refractivity (Wildman–Crippen MR) is 92.6 cm³/mol. The van der Waals surface area contributed by atoms with Gasteiger partial charge < -0.3 is 15.3 Å². The summed E-state index contributed by atoms with van der Waals surface area (Å²) in [6.07, 6.45) is 1.52. The van der Waals surface area contributed by atoms with E-state index in [4.69, 9.17) is 16.7 Å². The maximum atomic E-state index is 12.2. The van der Waals surface area contributed by atoms with Crippen molar-refractivity contribution in [3.8, 4) is 0 Å². The number of nitrogens with zero attached hydrogens (tertiary/aromatic N) is 2. The van der Waals surface area contributed by atoms with Crippen molar-refractivity contribution in [1.82, 2.24) is 15.1 Å². The zero-order valence-electron chi connectivity index (χ0n) is 13.7. The lowest BCUT2D eigenvalue weighted by molar-refractivity contribution is 0.133. The van der Waals surface area contributed by atoms with Crippen LogP contribution in [0.1, 0.15) is 25.3 Å². The molecule has 1 aromatic carbocycles. The number of urea groups is 1. The van der Waals surface area contributed by atoms with Gasteiger partial charge in [-0.2, -0.15) is 0 Å². The standard InChI is InChI=1S/C17H26ClN3O2/c1-14(5-4-12-22)19-17(23)21-10-8-20(9-11-21)13-15-6-2-3-7-16(15)18/h2-3,6-7,14,22H,4-5,8-13H2,1H3,(H,19,23). The molecule has 0 spiro atoms. The van der Waals surface area contributed by atoms with Gasteiger partial charge in [0, 0.05) is 50.4 Å². The van der Waals surface area contributed by atoms with Gasteiger partial charge in [0.2, 0.25) is 0 Å². The number of aliphatic hydroxyl groups excluding tert-OH is 1. The van der Waals surface area contributed by atoms with E-state index in [-0.39, 0.29) is 18.7 Å². The highest BCUT2D eigenvalue weighted by atomic mass is 35.5. The lowest BCUT2D eigenvalue weighted by Gasteiger charge is -2.35. The first-order valence-electron chi connectivity index (χ1n) is 8.22. The molecule has 1 saturated heterocycles. The molecule has 1 heterocycles. The van der Waals surface area contributed by atoms with Crippen LogP contribution in [0.3, 0.4) is 0 Å². The number of aliphatic hydroxyl groups is 1. The van der Waals surface area contributed by atoms with Crippen molar-refractivity contribution in [2.45, 2.75) is 32.4 Å². The molecule has 0 saturated carbocycles. The minimum Gasteiger partial charge on any atom is -0.396 e. The molecule has 23 heavy (non-hydrogen) atoms. The van der Waals surface area contributed by atoms with Crippen molar-refractivity contribution in [3.63, 3.8) is 0 Å². The molecule has 2 N–H and O–H groups in total. The number of halogens is 1. The van der Waals surface area contributed by atoms with Crippen LogP contribution in [0.4, 0.5) is 4.79 Å². The second-order valence-electron chi connectivity index (χ2n) is 6.07. The Morgan fingerprint density at radius 2 is 2.00 bits per heavy atom. The average molecular weight is 340 g/mol. The van der Waals surface area contributed by atoms with Crippen molar-refractivity contribution in [3.05, 3.63) is 34.9 Å². The topological polar surface area (TPSA) is 55.8 Å². The Labute approximate surface area is 143 Å². The van der Waals surface area contributed by atoms with Crippen LogP contribution in [0.15, 0.2) is 24.3 Å². The monoisotopic (exact) mass is 339 g/mol. The molecule has 128 valence electrons. The van der Waals surface area contributed by atoms with Crippen molar-refractivity contribution in [1.29, 1.82) is 0 Å². The molecule has 1 atom stereocenters. The Morgan fingerprint density at radius 1 is 1.30 bits per heavy atom. The van der Waals surface area contributed by atoms with E-state index in [0.29, 0.717) is 6.42 Å². The van der Waals surface area contributed by atoms with Gasteiger partial charge in [-0.05, 0) is 31.4 Å². The molecular weight excluding hydrogens is 314 g/mol. The van der Waals surface area contributed by atoms with Gasteiger partial charge in [-0.25, -0.2) is 4.79 Å². The normalized spacial score (nSPS) is 17.1. The maximum absolute atomic E-state index is 12.2. The van der Waals surface area contributed by atoms with Crippen molar-refractivity contribution >= 4 is 17.6 Å². The lowest BCUT2D eigenvalue weighted by Crippen LogP contribution is -2.52. The number of piperazine rings is 1. The molecule has 0 radical (unpaired) electrons. The van der Waals surface area contributed by atoms with Gasteiger partial charge in [0.25, 0.3) is 0 Å². The molecule has 0 aliphatic carbocycles. The zero-order chi connectivity index (χ0) is 16.7. The molecule has 1 fully saturated rings. The number of hydrogen-bond acceptors (Lipinski definition) is 3. The summed E-state index contributed by atoms with van der Waals surface area (Å²) in [4.78, 5) is 16.4. The zero-order valence-corrected chi connectivity index (χ0v) is 14.4. The maximum Gasteiger partial charge on any atom is 0.317 e. The van der Waals surface area contributed by atoms with Gasteiger partial charge in [-0.15, -0.1) is 0 Å². The molecule has 0 aromatic heterocycles. The van der Waals surface area contributed by atoms with Crippen molar-refractivity contribution in [2.75, 3.05) is 32.8 Å². The molecule has 1 aliphatic heterocycles. The molecule has 5 nitrogen and oxygen atoms in total. The van der Waals surface area contributed by atoms with Gasteiger partial charge in [0.15, 0.2) is 0 Å². The minimum atomic E-state index is -0.00664. The van der Waals surface area contributed by atoms with Gasteiger partial charge in [-0.3, -0.25) is 4.90 Å². The summed E-state index contributed by atoms with van der Waals surface area (Å²) in [7, 11) is 0. The number of carbonyl (C=O) groups excluding carboxylic acids is 1. The molecule has 2 rings (SSSR count). The van der Waals surface area contributed by atoms with Gasteiger partial charge in [-0.1, -0.05) is 29.8 Å². The summed E-state index contributed by atoms with van der Waals surface area (Å²) < 4.78 is 0. The molecule has 0 bridgehead atoms. The average Bonchev–Trinajstić information content (AvgIpc) is 2.55. The van der Waals surface area contributed by atoms with E-state index in [1.807, 2.05) is 36.1 Å². The SMILES string of the molecule is CC(CCCO)NC(=O)N1CCN(Cc2ccccc2Cl)CC1. The summed E-state index contributed by atoms with van der Waals surface area (Å²) in [6, 6.07) is 7.98. The van der Waals surface area contributed by atoms with E-state index >= 15 is 0 Å². The largest absolute Gasteiger partial charge is 0.396 e. The Morgan fingerprint density at radius 3 is 2.65 bits per heavy atom. The highest BCUT2D eigenvalue weighted by molar-refractivity contribution is 6.31. The van der Waals surface area contributed by atoms with Crippen LogP contribution in [0.2, 0.25) is 5.02 Å². The second kappa shape index (κ2) is 9.11. The molecular formula is C17H26ClN3O2. The third kappa shape index (κ3) is 5.68. The van der Waals surface area contributed by atoms with Crippen molar-refractivity contribution in [2.24, 2.45) is 0 Å². The Kier molecular flexibility index (Phi) is 7.15. The van der Waals surface area contributed by atoms with Gasteiger partial charge in [0.1, 0.15) is 0 Å². The third-order valence-corrected chi connectivity index (χ3v) is 4.55. The van der Waals surface area contributed by atoms with Crippen LogP contribution < -0.4 is 5.32 Å². The quantitative estimate of drug-likeness (QED) is 0.836. The van der Waals surface area contributed by atoms with Crippen LogP contribution >= 0.6 is 11.6 Å². The molecule has 2 amide bonds. The Bertz CT molecular complexity index is 504. The number of benzene rings is 1. The molecule has 1 aromatic rings. The van der Waals surface area contributed by atoms with E-state index in [0.717, 1.165) is 49.7 Å². The highest BCUT2D eigenvalue weighted by Gasteiger charge is 2.22. The molecule has 1 unspecified atom stereocenters. The fourth-order valence-corrected chi connectivity index (χ4v) is 2.94. The Hall–Kier alpha value is -1.30. The number of rotatable bonds is 6. The third-order valence-electron chi connectivity index (χ3n) is 4.18. The fourth-order valence-electron chi connectivity index (χ4n) is 2.75. The smallest absolute Gasteiger partial charge is 0.317 e. The first kappa shape index (κ1) is 18.0. The minimum absolute atomic E-state index is 0.00664. The summed E-state index contributed by atoms with van der Waals surface area (Å²) in [5.74, 6) is 0. The first-order chi connectivity index (χ1) is 11.1. The molecule has 1 aliphatic rings. The Balaban J connectivity index is 1.75. The molecule has 6 heteroatoms. The van der Waals surface area contributed by atoms with Crippen LogP contribution in [0.25, 0.3) is 0 Å². The predicted octanol–water partition coefficient (Wildman–Crippen LogP) is 2.33. The summed E-state index contributed by atoms with van der Waals surface area (Å²) in [5, 5.41) is 12.6. The first-order valence-corrected chi connectivity index (χ1v) is 8.60. The number of hydrogen-bond donors (Lipinski definition) is 2. The van der Waals surface area contributed by atoms with Gasteiger partial charge in [0.05, 0.1) is 0 Å². The summed E-state index contributed by atoms with van der Waals surface area (Å²) >= 11 is 6.20. The summed E-state index contributed by atoms with van der Waals surface area (Å²) in [6.45, 7) is 6.11. The van der Waals surface area contributed by atoms with E-state index in [1.165, 1.54) is 0 Å². The number of nitrogens with one attached hydrogen (secondary N) is 1. The number of amides is 2. The summed E-state index contributed by atoms with van der Waals surface area (Å²) in [5.41, 5.74) is 1.13. The van der Waals surface area contributed by atoms with E-state index in [2.05, 4.69) is 10.2 Å². The van der Waals surface area contributed by atoms with E-state index in [1.54, 1.807) is 0 Å². The van der Waals surface area contributed by atoms with Crippen LogP contribution in [0.5, 0.6) is 0 Å². The van der Waals surface area contributed by atoms with Crippen molar-refractivity contribution < 1.29 is 9.90 Å². The second-order valence-corrected chi connectivity index (χ2v) is 6.48. The van der Waals surface area contributed by atoms with E-state index in [9.17, 15) is 4.79 Å². The fraction of sp³-hybridized carbons (Fsp3) is 0.588. The lowest BCUT2D eigenvalue weighted by atomic mass is 10.2. The van der Waals surface area contributed by atoms with Crippen LogP contribution in [0, 0.1) is 0 Å². The van der Waals surface area contributed by atoms with Crippen LogP contribution in [-0.2, 0) is 6.54 Å². The van der Waals surface area contributed by atoms with E-state index < -0.39 is 0 Å². The number of carbonyl (C=O) groups is 1. The van der Waals surface area contributed by atoms with Crippen LogP contribution in [-0.4, -0.2) is 59.8 Å².